The van der Waals surface area contributed by atoms with E-state index in [1.165, 1.54) is 5.56 Å². The summed E-state index contributed by atoms with van der Waals surface area (Å²) < 4.78 is 2.07. The largest absolute Gasteiger partial charge is 0.336 e. The topological polar surface area (TPSA) is 22.0 Å². The smallest absolute Gasteiger partial charge is 0.166 e. The number of aldehydes is 1. The van der Waals surface area contributed by atoms with E-state index in [1.807, 2.05) is 6.07 Å². The molecule has 2 aromatic rings. The first kappa shape index (κ1) is 9.97. The highest BCUT2D eigenvalue weighted by Crippen LogP contribution is 2.24. The minimum Gasteiger partial charge on any atom is -0.336 e. The second-order valence-corrected chi connectivity index (χ2v) is 4.21. The molecule has 0 amide bonds. The summed E-state index contributed by atoms with van der Waals surface area (Å²) in [6.45, 7) is 6.24. The SMILES string of the molecule is Cc1ccc2c(c1)cc(C=O)n2C(C)C. The molecule has 2 heteroatoms. The zero-order chi connectivity index (χ0) is 11.0. The van der Waals surface area contributed by atoms with Gasteiger partial charge in [0.2, 0.25) is 0 Å². The van der Waals surface area contributed by atoms with Crippen molar-refractivity contribution in [1.29, 1.82) is 0 Å². The molecule has 0 fully saturated rings. The van der Waals surface area contributed by atoms with Gasteiger partial charge >= 0.3 is 0 Å². The van der Waals surface area contributed by atoms with Crippen molar-refractivity contribution in [2.75, 3.05) is 0 Å². The summed E-state index contributed by atoms with van der Waals surface area (Å²) in [5.41, 5.74) is 3.11. The standard InChI is InChI=1S/C13H15NO/c1-9(2)14-12(8-15)7-11-6-10(3)4-5-13(11)14/h4-9H,1-3H3. The molecule has 0 aliphatic rings. The molecule has 0 atom stereocenters. The molecule has 2 rings (SSSR count). The summed E-state index contributed by atoms with van der Waals surface area (Å²) in [5, 5.41) is 1.14. The molecule has 2 nitrogen and oxygen atoms in total. The summed E-state index contributed by atoms with van der Waals surface area (Å²) in [4.78, 5) is 11.0. The Hall–Kier alpha value is -1.57. The minimum atomic E-state index is 0.311. The van der Waals surface area contributed by atoms with Crippen LogP contribution in [0.1, 0.15) is 35.9 Å². The fourth-order valence-electron chi connectivity index (χ4n) is 2.04. The number of aryl methyl sites for hydroxylation is 1. The van der Waals surface area contributed by atoms with Crippen molar-refractivity contribution in [1.82, 2.24) is 4.57 Å². The van der Waals surface area contributed by atoms with Crippen LogP contribution in [0.15, 0.2) is 24.3 Å². The normalized spacial score (nSPS) is 11.2. The van der Waals surface area contributed by atoms with Gasteiger partial charge in [-0.1, -0.05) is 11.6 Å². The van der Waals surface area contributed by atoms with Crippen LogP contribution in [0.25, 0.3) is 10.9 Å². The van der Waals surface area contributed by atoms with Gasteiger partial charge < -0.3 is 4.57 Å². The molecule has 15 heavy (non-hydrogen) atoms. The van der Waals surface area contributed by atoms with E-state index in [-0.39, 0.29) is 0 Å². The van der Waals surface area contributed by atoms with E-state index in [0.29, 0.717) is 6.04 Å². The van der Waals surface area contributed by atoms with Crippen LogP contribution in [0.2, 0.25) is 0 Å². The molecule has 1 heterocycles. The van der Waals surface area contributed by atoms with E-state index >= 15 is 0 Å². The van der Waals surface area contributed by atoms with Crippen LogP contribution in [0.5, 0.6) is 0 Å². The van der Waals surface area contributed by atoms with Crippen molar-refractivity contribution >= 4 is 17.2 Å². The number of carbonyl (C=O) groups is 1. The van der Waals surface area contributed by atoms with E-state index in [1.54, 1.807) is 0 Å². The van der Waals surface area contributed by atoms with Gasteiger partial charge in [0, 0.05) is 16.9 Å². The van der Waals surface area contributed by atoms with Gasteiger partial charge in [-0.15, -0.1) is 0 Å². The molecule has 0 spiro atoms. The summed E-state index contributed by atoms with van der Waals surface area (Å²) in [6.07, 6.45) is 0.926. The Kier molecular flexibility index (Phi) is 2.35. The van der Waals surface area contributed by atoms with Crippen molar-refractivity contribution < 1.29 is 4.79 Å². The van der Waals surface area contributed by atoms with Crippen LogP contribution in [-0.4, -0.2) is 10.9 Å². The molecule has 0 saturated heterocycles. The average molecular weight is 201 g/mol. The van der Waals surface area contributed by atoms with Crippen molar-refractivity contribution in [2.45, 2.75) is 26.8 Å². The maximum absolute atomic E-state index is 11.0. The Bertz CT molecular complexity index is 508. The molecule has 0 N–H and O–H groups in total. The predicted molar refractivity (Wildman–Crippen MR) is 62.4 cm³/mol. The third kappa shape index (κ3) is 1.56. The predicted octanol–water partition coefficient (Wildman–Crippen LogP) is 3.34. The summed E-state index contributed by atoms with van der Waals surface area (Å²) in [5.74, 6) is 0. The summed E-state index contributed by atoms with van der Waals surface area (Å²) >= 11 is 0. The monoisotopic (exact) mass is 201 g/mol. The Morgan fingerprint density at radius 2 is 2.00 bits per heavy atom. The third-order valence-corrected chi connectivity index (χ3v) is 2.66. The molecule has 0 radical (unpaired) electrons. The van der Waals surface area contributed by atoms with Crippen LogP contribution < -0.4 is 0 Å². The lowest BCUT2D eigenvalue weighted by Crippen LogP contribution is -2.04. The number of nitrogens with zero attached hydrogens (tertiary/aromatic N) is 1. The fraction of sp³-hybridized carbons (Fsp3) is 0.308. The van der Waals surface area contributed by atoms with Gasteiger partial charge in [0.25, 0.3) is 0 Å². The molecule has 78 valence electrons. The van der Waals surface area contributed by atoms with E-state index in [4.69, 9.17) is 0 Å². The van der Waals surface area contributed by atoms with Gasteiger partial charge in [-0.25, -0.2) is 0 Å². The van der Waals surface area contributed by atoms with Crippen LogP contribution >= 0.6 is 0 Å². The first-order chi connectivity index (χ1) is 7.13. The quantitative estimate of drug-likeness (QED) is 0.683. The van der Waals surface area contributed by atoms with Crippen LogP contribution in [0, 0.1) is 6.92 Å². The lowest BCUT2D eigenvalue weighted by atomic mass is 10.2. The molecule has 0 bridgehead atoms. The number of hydrogen-bond donors (Lipinski definition) is 0. The number of aromatic nitrogens is 1. The fourth-order valence-corrected chi connectivity index (χ4v) is 2.04. The molecular weight excluding hydrogens is 186 g/mol. The zero-order valence-electron chi connectivity index (χ0n) is 9.32. The first-order valence-electron chi connectivity index (χ1n) is 5.20. The van der Waals surface area contributed by atoms with Gasteiger partial charge in [-0.05, 0) is 39.0 Å². The number of rotatable bonds is 2. The zero-order valence-corrected chi connectivity index (χ0v) is 9.32. The maximum Gasteiger partial charge on any atom is 0.166 e. The number of hydrogen-bond acceptors (Lipinski definition) is 1. The first-order valence-corrected chi connectivity index (χ1v) is 5.20. The van der Waals surface area contributed by atoms with Gasteiger partial charge in [0.1, 0.15) is 0 Å². The van der Waals surface area contributed by atoms with Crippen LogP contribution in [0.3, 0.4) is 0 Å². The Labute approximate surface area is 89.5 Å². The highest BCUT2D eigenvalue weighted by Gasteiger charge is 2.10. The lowest BCUT2D eigenvalue weighted by molar-refractivity contribution is 0.111. The highest BCUT2D eigenvalue weighted by atomic mass is 16.1. The molecule has 0 unspecified atom stereocenters. The number of carbonyl (C=O) groups excluding carboxylic acids is 1. The molecule has 0 aliphatic carbocycles. The Morgan fingerprint density at radius 1 is 1.27 bits per heavy atom. The van der Waals surface area contributed by atoms with E-state index < -0.39 is 0 Å². The molecule has 1 aromatic carbocycles. The summed E-state index contributed by atoms with van der Waals surface area (Å²) in [6, 6.07) is 8.54. The van der Waals surface area contributed by atoms with Crippen LogP contribution in [-0.2, 0) is 0 Å². The van der Waals surface area contributed by atoms with E-state index in [0.717, 1.165) is 22.9 Å². The second-order valence-electron chi connectivity index (χ2n) is 4.21. The van der Waals surface area contributed by atoms with Crippen molar-refractivity contribution in [2.24, 2.45) is 0 Å². The van der Waals surface area contributed by atoms with Crippen molar-refractivity contribution in [3.8, 4) is 0 Å². The van der Waals surface area contributed by atoms with Gasteiger partial charge in [-0.3, -0.25) is 4.79 Å². The molecular formula is C13H15NO. The lowest BCUT2D eigenvalue weighted by Gasteiger charge is -2.11. The van der Waals surface area contributed by atoms with E-state index in [2.05, 4.69) is 43.5 Å². The number of fused-ring (bicyclic) bond motifs is 1. The summed E-state index contributed by atoms with van der Waals surface area (Å²) in [7, 11) is 0. The van der Waals surface area contributed by atoms with Crippen molar-refractivity contribution in [3.63, 3.8) is 0 Å². The second kappa shape index (κ2) is 3.54. The van der Waals surface area contributed by atoms with Gasteiger partial charge in [0.15, 0.2) is 6.29 Å². The van der Waals surface area contributed by atoms with Gasteiger partial charge in [-0.2, -0.15) is 0 Å². The molecule has 0 saturated carbocycles. The molecule has 0 aliphatic heterocycles. The Morgan fingerprint density at radius 3 is 2.60 bits per heavy atom. The maximum atomic E-state index is 11.0. The minimum absolute atomic E-state index is 0.311. The Balaban J connectivity index is 2.80. The highest BCUT2D eigenvalue weighted by molar-refractivity contribution is 5.89. The van der Waals surface area contributed by atoms with Crippen molar-refractivity contribution in [3.05, 3.63) is 35.5 Å². The number of benzene rings is 1. The van der Waals surface area contributed by atoms with E-state index in [9.17, 15) is 4.79 Å². The third-order valence-electron chi connectivity index (χ3n) is 2.66. The van der Waals surface area contributed by atoms with Gasteiger partial charge in [0.05, 0.1) is 5.69 Å². The molecule has 1 aromatic heterocycles. The average Bonchev–Trinajstić information content (AvgIpc) is 2.54. The van der Waals surface area contributed by atoms with Crippen LogP contribution in [0.4, 0.5) is 0 Å².